The molecule has 0 bridgehead atoms. The summed E-state index contributed by atoms with van der Waals surface area (Å²) >= 11 is 0. The molecule has 0 saturated carbocycles. The molecular weight excluding hydrogens is 259 g/mol. The fourth-order valence-corrected chi connectivity index (χ4v) is 4.57. The standard InChI is InChI=1S/C15H25O3P/c1-5-14-9-11-15(12-10-14)13-19(16-6-2,17-7-3)18-8-4/h5,9-12,19H,1,6-8,13H2,2-4H3. The zero-order valence-electron chi connectivity index (χ0n) is 12.1. The van der Waals surface area contributed by atoms with Gasteiger partial charge in [-0.1, -0.05) is 0 Å². The van der Waals surface area contributed by atoms with E-state index in [4.69, 9.17) is 13.6 Å². The molecule has 0 aliphatic rings. The van der Waals surface area contributed by atoms with E-state index in [1.54, 1.807) is 0 Å². The van der Waals surface area contributed by atoms with E-state index in [0.717, 1.165) is 5.56 Å². The van der Waals surface area contributed by atoms with Gasteiger partial charge in [-0.25, -0.2) is 0 Å². The summed E-state index contributed by atoms with van der Waals surface area (Å²) in [6, 6.07) is 8.25. The summed E-state index contributed by atoms with van der Waals surface area (Å²) in [5.74, 6) is 0. The van der Waals surface area contributed by atoms with Crippen LogP contribution in [0.4, 0.5) is 0 Å². The predicted octanol–water partition coefficient (Wildman–Crippen LogP) is 4.43. The Morgan fingerprint density at radius 2 is 1.42 bits per heavy atom. The van der Waals surface area contributed by atoms with E-state index in [9.17, 15) is 0 Å². The van der Waals surface area contributed by atoms with Gasteiger partial charge in [0.15, 0.2) is 0 Å². The molecule has 0 N–H and O–H groups in total. The Morgan fingerprint density at radius 1 is 0.947 bits per heavy atom. The Balaban J connectivity index is 2.86. The molecule has 0 aromatic heterocycles. The van der Waals surface area contributed by atoms with Gasteiger partial charge in [0, 0.05) is 0 Å². The van der Waals surface area contributed by atoms with Crippen molar-refractivity contribution < 1.29 is 13.6 Å². The van der Waals surface area contributed by atoms with Crippen LogP contribution in [0.2, 0.25) is 0 Å². The molecule has 1 aromatic rings. The molecule has 0 unspecified atom stereocenters. The fourth-order valence-electron chi connectivity index (χ4n) is 1.96. The van der Waals surface area contributed by atoms with Crippen molar-refractivity contribution in [3.8, 4) is 0 Å². The van der Waals surface area contributed by atoms with Crippen LogP contribution in [0.25, 0.3) is 6.08 Å². The fraction of sp³-hybridized carbons (Fsp3) is 0.467. The van der Waals surface area contributed by atoms with E-state index >= 15 is 0 Å². The summed E-state index contributed by atoms with van der Waals surface area (Å²) in [7, 11) is -2.59. The number of benzene rings is 1. The molecule has 0 aliphatic carbocycles. The molecule has 19 heavy (non-hydrogen) atoms. The van der Waals surface area contributed by atoms with Crippen LogP contribution in [0.5, 0.6) is 0 Å². The van der Waals surface area contributed by atoms with E-state index in [1.807, 2.05) is 39.0 Å². The SMILES string of the molecule is C=Cc1ccc(C[PH](OCC)(OCC)OCC)cc1. The topological polar surface area (TPSA) is 27.7 Å². The van der Waals surface area contributed by atoms with Crippen molar-refractivity contribution in [2.75, 3.05) is 19.8 Å². The quantitative estimate of drug-likeness (QED) is 0.628. The van der Waals surface area contributed by atoms with Crippen molar-refractivity contribution in [1.29, 1.82) is 0 Å². The zero-order valence-corrected chi connectivity index (χ0v) is 13.1. The molecular formula is C15H25O3P. The van der Waals surface area contributed by atoms with Gasteiger partial charge >= 0.3 is 116 Å². The normalized spacial score (nSPS) is 12.4. The molecule has 108 valence electrons. The number of rotatable bonds is 9. The molecule has 0 fully saturated rings. The van der Waals surface area contributed by atoms with Crippen molar-refractivity contribution in [1.82, 2.24) is 0 Å². The maximum atomic E-state index is 5.85. The first-order chi connectivity index (χ1) is 9.19. The minimum atomic E-state index is -2.59. The molecule has 3 nitrogen and oxygen atoms in total. The molecule has 0 atom stereocenters. The summed E-state index contributed by atoms with van der Waals surface area (Å²) in [4.78, 5) is 0. The Hall–Kier alpha value is -0.730. The maximum absolute atomic E-state index is 5.85. The van der Waals surface area contributed by atoms with Crippen molar-refractivity contribution in [3.63, 3.8) is 0 Å². The summed E-state index contributed by atoms with van der Waals surface area (Å²) in [5.41, 5.74) is 2.29. The van der Waals surface area contributed by atoms with Crippen LogP contribution in [0.1, 0.15) is 31.9 Å². The monoisotopic (exact) mass is 284 g/mol. The number of hydrogen-bond donors (Lipinski definition) is 0. The second-order valence-electron chi connectivity index (χ2n) is 4.10. The minimum absolute atomic E-state index is 0.608. The Bertz CT molecular complexity index is 358. The van der Waals surface area contributed by atoms with E-state index in [1.165, 1.54) is 5.56 Å². The molecule has 0 radical (unpaired) electrons. The van der Waals surface area contributed by atoms with Gasteiger partial charge in [0.2, 0.25) is 0 Å². The Kier molecular flexibility index (Phi) is 7.25. The average molecular weight is 284 g/mol. The first-order valence-corrected chi connectivity index (χ1v) is 8.76. The van der Waals surface area contributed by atoms with E-state index in [2.05, 4.69) is 18.7 Å². The van der Waals surface area contributed by atoms with Crippen LogP contribution in [0, 0.1) is 0 Å². The third-order valence-corrected chi connectivity index (χ3v) is 5.76. The zero-order chi connectivity index (χ0) is 14.1. The van der Waals surface area contributed by atoms with Gasteiger partial charge < -0.3 is 0 Å². The summed E-state index contributed by atoms with van der Waals surface area (Å²) in [5, 5.41) is 0. The van der Waals surface area contributed by atoms with Gasteiger partial charge in [-0.2, -0.15) is 0 Å². The molecule has 0 spiro atoms. The van der Waals surface area contributed by atoms with Crippen molar-refractivity contribution in [2.24, 2.45) is 0 Å². The van der Waals surface area contributed by atoms with Gasteiger partial charge in [-0.15, -0.1) is 0 Å². The van der Waals surface area contributed by atoms with Crippen molar-refractivity contribution in [3.05, 3.63) is 42.0 Å². The average Bonchev–Trinajstić information content (AvgIpc) is 2.40. The van der Waals surface area contributed by atoms with Crippen LogP contribution in [-0.2, 0) is 19.7 Å². The van der Waals surface area contributed by atoms with Crippen LogP contribution in [0.3, 0.4) is 0 Å². The molecule has 0 amide bonds. The second kappa shape index (κ2) is 8.44. The van der Waals surface area contributed by atoms with Crippen molar-refractivity contribution >= 4 is 14.0 Å². The number of hydrogen-bond acceptors (Lipinski definition) is 3. The predicted molar refractivity (Wildman–Crippen MR) is 83.4 cm³/mol. The third kappa shape index (κ3) is 5.04. The van der Waals surface area contributed by atoms with Gasteiger partial charge in [0.1, 0.15) is 0 Å². The van der Waals surface area contributed by atoms with Gasteiger partial charge in [-0.3, -0.25) is 0 Å². The molecule has 0 heterocycles. The van der Waals surface area contributed by atoms with Crippen LogP contribution in [-0.4, -0.2) is 19.8 Å². The molecule has 0 saturated heterocycles. The molecule has 1 aromatic carbocycles. The van der Waals surface area contributed by atoms with E-state index in [0.29, 0.717) is 26.0 Å². The van der Waals surface area contributed by atoms with E-state index < -0.39 is 7.94 Å². The van der Waals surface area contributed by atoms with Crippen LogP contribution >= 0.6 is 7.94 Å². The molecule has 1 rings (SSSR count). The Morgan fingerprint density at radius 3 is 1.79 bits per heavy atom. The van der Waals surface area contributed by atoms with Gasteiger partial charge in [0.05, 0.1) is 0 Å². The first kappa shape index (κ1) is 16.3. The van der Waals surface area contributed by atoms with E-state index in [-0.39, 0.29) is 0 Å². The second-order valence-corrected chi connectivity index (χ2v) is 6.69. The first-order valence-electron chi connectivity index (χ1n) is 6.83. The van der Waals surface area contributed by atoms with Crippen molar-refractivity contribution in [2.45, 2.75) is 26.9 Å². The Labute approximate surface area is 117 Å². The van der Waals surface area contributed by atoms with Crippen LogP contribution in [0.15, 0.2) is 30.8 Å². The summed E-state index contributed by atoms with van der Waals surface area (Å²) in [6.07, 6.45) is 2.54. The molecule has 4 heteroatoms. The third-order valence-electron chi connectivity index (χ3n) is 2.73. The van der Waals surface area contributed by atoms with Crippen LogP contribution < -0.4 is 0 Å². The summed E-state index contributed by atoms with van der Waals surface area (Å²) in [6.45, 7) is 11.5. The van der Waals surface area contributed by atoms with Gasteiger partial charge in [0.25, 0.3) is 0 Å². The summed E-state index contributed by atoms with van der Waals surface area (Å²) < 4.78 is 17.5. The molecule has 0 aliphatic heterocycles. The van der Waals surface area contributed by atoms with Gasteiger partial charge in [-0.05, 0) is 0 Å².